The van der Waals surface area contributed by atoms with E-state index in [0.29, 0.717) is 5.92 Å². The van der Waals surface area contributed by atoms with Crippen LogP contribution >= 0.6 is 0 Å². The normalized spacial score (nSPS) is 16.0. The van der Waals surface area contributed by atoms with Gasteiger partial charge in [0.05, 0.1) is 0 Å². The minimum atomic E-state index is 0.624. The van der Waals surface area contributed by atoms with E-state index in [2.05, 4.69) is 56.3 Å². The molecule has 0 nitrogen and oxygen atoms in total. The summed E-state index contributed by atoms with van der Waals surface area (Å²) < 4.78 is 0. The van der Waals surface area contributed by atoms with Gasteiger partial charge in [-0.2, -0.15) is 0 Å². The molecule has 0 saturated carbocycles. The van der Waals surface area contributed by atoms with Crippen LogP contribution in [0, 0.1) is 6.92 Å². The van der Waals surface area contributed by atoms with Crippen LogP contribution in [0.3, 0.4) is 0 Å². The molecule has 0 radical (unpaired) electrons. The molecule has 2 aromatic rings. The van der Waals surface area contributed by atoms with Crippen LogP contribution in [0.2, 0.25) is 0 Å². The van der Waals surface area contributed by atoms with E-state index in [-0.39, 0.29) is 0 Å². The summed E-state index contributed by atoms with van der Waals surface area (Å²) in [6.07, 6.45) is 6.71. The van der Waals surface area contributed by atoms with Crippen molar-refractivity contribution < 1.29 is 0 Å². The Morgan fingerprint density at radius 3 is 2.50 bits per heavy atom. The maximum atomic E-state index is 2.33. The van der Waals surface area contributed by atoms with Crippen LogP contribution in [-0.4, -0.2) is 0 Å². The van der Waals surface area contributed by atoms with Crippen LogP contribution in [0.5, 0.6) is 0 Å². The monoisotopic (exact) mass is 264 g/mol. The summed E-state index contributed by atoms with van der Waals surface area (Å²) in [5.41, 5.74) is 7.53. The van der Waals surface area contributed by atoms with Crippen molar-refractivity contribution in [2.75, 3.05) is 0 Å². The van der Waals surface area contributed by atoms with Crippen LogP contribution < -0.4 is 0 Å². The highest BCUT2D eigenvalue weighted by Gasteiger charge is 2.28. The molecular weight excluding hydrogens is 240 g/mol. The Kier molecular flexibility index (Phi) is 3.91. The smallest absolute Gasteiger partial charge is 0.0104 e. The third kappa shape index (κ3) is 2.28. The second-order valence-corrected chi connectivity index (χ2v) is 6.03. The minimum absolute atomic E-state index is 0.624. The van der Waals surface area contributed by atoms with Gasteiger partial charge in [-0.1, -0.05) is 75.1 Å². The number of unbranched alkanes of at least 4 members (excludes halogenated alkanes) is 3. The second-order valence-electron chi connectivity index (χ2n) is 6.03. The first-order chi connectivity index (χ1) is 9.83. The standard InChI is InChI=1S/C20H24/c1-3-4-5-6-13-18-16-11-7-8-12-17(16)19-14-9-10-15(2)20(18)19/h7-12,14,18H,3-6,13H2,1-2H3. The Bertz CT molecular complexity index is 595. The van der Waals surface area contributed by atoms with E-state index in [4.69, 9.17) is 0 Å². The number of rotatable bonds is 5. The summed E-state index contributed by atoms with van der Waals surface area (Å²) in [5, 5.41) is 0. The van der Waals surface area contributed by atoms with Crippen molar-refractivity contribution in [3.05, 3.63) is 59.2 Å². The molecule has 0 aliphatic heterocycles. The number of hydrogen-bond donors (Lipinski definition) is 0. The topological polar surface area (TPSA) is 0 Å². The van der Waals surface area contributed by atoms with Crippen molar-refractivity contribution >= 4 is 0 Å². The Labute approximate surface area is 122 Å². The van der Waals surface area contributed by atoms with Gasteiger partial charge < -0.3 is 0 Å². The number of aryl methyl sites for hydroxylation is 1. The van der Waals surface area contributed by atoms with Gasteiger partial charge in [0, 0.05) is 5.92 Å². The largest absolute Gasteiger partial charge is 0.0654 e. The summed E-state index contributed by atoms with van der Waals surface area (Å²) in [6.45, 7) is 4.55. The van der Waals surface area contributed by atoms with E-state index in [1.54, 1.807) is 11.1 Å². The van der Waals surface area contributed by atoms with Crippen molar-refractivity contribution in [2.45, 2.75) is 51.9 Å². The quantitative estimate of drug-likeness (QED) is 0.574. The molecule has 3 rings (SSSR count). The maximum absolute atomic E-state index is 2.33. The van der Waals surface area contributed by atoms with Gasteiger partial charge in [0.1, 0.15) is 0 Å². The van der Waals surface area contributed by atoms with Gasteiger partial charge in [0.15, 0.2) is 0 Å². The van der Waals surface area contributed by atoms with E-state index in [0.717, 1.165) is 0 Å². The Balaban J connectivity index is 1.94. The molecular formula is C20H24. The fourth-order valence-corrected chi connectivity index (χ4v) is 3.65. The van der Waals surface area contributed by atoms with E-state index < -0.39 is 0 Å². The summed E-state index contributed by atoms with van der Waals surface area (Å²) in [4.78, 5) is 0. The first-order valence-electron chi connectivity index (χ1n) is 8.01. The summed E-state index contributed by atoms with van der Waals surface area (Å²) in [6, 6.07) is 15.8. The van der Waals surface area contributed by atoms with Crippen LogP contribution in [0.15, 0.2) is 42.5 Å². The lowest BCUT2D eigenvalue weighted by Gasteiger charge is -2.15. The zero-order valence-corrected chi connectivity index (χ0v) is 12.7. The molecule has 1 atom stereocenters. The molecule has 20 heavy (non-hydrogen) atoms. The molecule has 2 aromatic carbocycles. The molecule has 104 valence electrons. The number of fused-ring (bicyclic) bond motifs is 3. The molecule has 0 aromatic heterocycles. The van der Waals surface area contributed by atoms with Gasteiger partial charge in [0.2, 0.25) is 0 Å². The zero-order chi connectivity index (χ0) is 13.9. The molecule has 1 aliphatic rings. The predicted octanol–water partition coefficient (Wildman–Crippen LogP) is 6.08. The van der Waals surface area contributed by atoms with Crippen molar-refractivity contribution in [3.63, 3.8) is 0 Å². The molecule has 0 heteroatoms. The second kappa shape index (κ2) is 5.83. The van der Waals surface area contributed by atoms with Crippen LogP contribution in [0.4, 0.5) is 0 Å². The van der Waals surface area contributed by atoms with Gasteiger partial charge in [0.25, 0.3) is 0 Å². The van der Waals surface area contributed by atoms with Gasteiger partial charge in [-0.05, 0) is 41.2 Å². The third-order valence-corrected chi connectivity index (χ3v) is 4.65. The van der Waals surface area contributed by atoms with E-state index in [1.807, 2.05) is 0 Å². The summed E-state index contributed by atoms with van der Waals surface area (Å²) in [7, 11) is 0. The fraction of sp³-hybridized carbons (Fsp3) is 0.400. The summed E-state index contributed by atoms with van der Waals surface area (Å²) >= 11 is 0. The molecule has 1 unspecified atom stereocenters. The first-order valence-corrected chi connectivity index (χ1v) is 8.01. The average Bonchev–Trinajstić information content (AvgIpc) is 2.80. The molecule has 0 amide bonds. The highest BCUT2D eigenvalue weighted by molar-refractivity contribution is 5.79. The SMILES string of the molecule is CCCCCCC1c2ccccc2-c2cccc(C)c21. The highest BCUT2D eigenvalue weighted by atomic mass is 14.3. The minimum Gasteiger partial charge on any atom is -0.0654 e. The van der Waals surface area contributed by atoms with Crippen molar-refractivity contribution in [1.82, 2.24) is 0 Å². The predicted molar refractivity (Wildman–Crippen MR) is 87.2 cm³/mol. The Morgan fingerprint density at radius 1 is 0.850 bits per heavy atom. The van der Waals surface area contributed by atoms with Crippen LogP contribution in [0.25, 0.3) is 11.1 Å². The Hall–Kier alpha value is -1.56. The van der Waals surface area contributed by atoms with E-state index >= 15 is 0 Å². The zero-order valence-electron chi connectivity index (χ0n) is 12.7. The molecule has 1 aliphatic carbocycles. The number of hydrogen-bond acceptors (Lipinski definition) is 0. The van der Waals surface area contributed by atoms with Crippen molar-refractivity contribution in [1.29, 1.82) is 0 Å². The highest BCUT2D eigenvalue weighted by Crippen LogP contribution is 2.48. The van der Waals surface area contributed by atoms with Gasteiger partial charge >= 0.3 is 0 Å². The van der Waals surface area contributed by atoms with Gasteiger partial charge in [-0.25, -0.2) is 0 Å². The van der Waals surface area contributed by atoms with E-state index in [1.165, 1.54) is 48.8 Å². The molecule has 0 N–H and O–H groups in total. The third-order valence-electron chi connectivity index (χ3n) is 4.65. The van der Waals surface area contributed by atoms with Crippen molar-refractivity contribution in [2.24, 2.45) is 0 Å². The van der Waals surface area contributed by atoms with E-state index in [9.17, 15) is 0 Å². The molecule has 0 bridgehead atoms. The molecule has 0 heterocycles. The molecule has 0 fully saturated rings. The average molecular weight is 264 g/mol. The molecule has 0 spiro atoms. The summed E-state index contributed by atoms with van der Waals surface area (Å²) in [5.74, 6) is 0.624. The van der Waals surface area contributed by atoms with Gasteiger partial charge in [-0.15, -0.1) is 0 Å². The fourth-order valence-electron chi connectivity index (χ4n) is 3.65. The van der Waals surface area contributed by atoms with Crippen molar-refractivity contribution in [3.8, 4) is 11.1 Å². The lowest BCUT2D eigenvalue weighted by atomic mass is 9.89. The van der Waals surface area contributed by atoms with Crippen LogP contribution in [0.1, 0.15) is 61.6 Å². The first kappa shape index (κ1) is 13.4. The number of benzene rings is 2. The Morgan fingerprint density at radius 2 is 1.65 bits per heavy atom. The van der Waals surface area contributed by atoms with Gasteiger partial charge in [-0.3, -0.25) is 0 Å². The maximum Gasteiger partial charge on any atom is 0.0104 e. The molecule has 0 saturated heterocycles. The lowest BCUT2D eigenvalue weighted by molar-refractivity contribution is 0.600. The lowest BCUT2D eigenvalue weighted by Crippen LogP contribution is -1.99. The van der Waals surface area contributed by atoms with Crippen LogP contribution in [-0.2, 0) is 0 Å².